The smallest absolute Gasteiger partial charge is 0.129 e. The van der Waals surface area contributed by atoms with Crippen molar-refractivity contribution in [3.05, 3.63) is 71.5 Å². The van der Waals surface area contributed by atoms with E-state index in [1.807, 2.05) is 6.07 Å². The van der Waals surface area contributed by atoms with E-state index in [0.29, 0.717) is 5.15 Å². The fraction of sp³-hybridized carbons (Fsp3) is 0.118. The zero-order valence-corrected chi connectivity index (χ0v) is 11.9. The van der Waals surface area contributed by atoms with Crippen LogP contribution in [0.15, 0.2) is 60.8 Å². The van der Waals surface area contributed by atoms with Gasteiger partial charge in [-0.1, -0.05) is 54.1 Å². The van der Waals surface area contributed by atoms with Crippen LogP contribution in [0, 0.1) is 0 Å². The van der Waals surface area contributed by atoms with E-state index in [0.717, 1.165) is 5.69 Å². The van der Waals surface area contributed by atoms with Gasteiger partial charge in [0.15, 0.2) is 0 Å². The number of hydrogen-bond acceptors (Lipinski definition) is 2. The molecule has 1 unspecified atom stereocenters. The van der Waals surface area contributed by atoms with E-state index in [4.69, 9.17) is 11.6 Å². The summed E-state index contributed by atoms with van der Waals surface area (Å²) in [6.45, 7) is 2.15. The van der Waals surface area contributed by atoms with Gasteiger partial charge in [0.25, 0.3) is 0 Å². The minimum Gasteiger partial charge on any atom is -0.377 e. The lowest BCUT2D eigenvalue weighted by Crippen LogP contribution is -2.07. The summed E-state index contributed by atoms with van der Waals surface area (Å²) >= 11 is 5.80. The van der Waals surface area contributed by atoms with Crippen LogP contribution in [0.3, 0.4) is 0 Å². The first kappa shape index (κ1) is 12.9. The number of aromatic nitrogens is 1. The fourth-order valence-electron chi connectivity index (χ4n) is 2.42. The fourth-order valence-corrected chi connectivity index (χ4v) is 2.53. The molecule has 20 heavy (non-hydrogen) atoms. The van der Waals surface area contributed by atoms with Crippen molar-refractivity contribution in [3.8, 4) is 0 Å². The molecule has 0 amide bonds. The minimum atomic E-state index is 0.198. The lowest BCUT2D eigenvalue weighted by Gasteiger charge is -2.17. The second kappa shape index (κ2) is 5.51. The van der Waals surface area contributed by atoms with E-state index in [-0.39, 0.29) is 6.04 Å². The summed E-state index contributed by atoms with van der Waals surface area (Å²) in [5.74, 6) is 0. The van der Waals surface area contributed by atoms with E-state index in [1.165, 1.54) is 16.3 Å². The molecule has 100 valence electrons. The molecule has 0 aliphatic rings. The molecule has 1 aromatic heterocycles. The Labute approximate surface area is 123 Å². The Bertz CT molecular complexity index is 717. The summed E-state index contributed by atoms with van der Waals surface area (Å²) < 4.78 is 0. The van der Waals surface area contributed by atoms with Gasteiger partial charge < -0.3 is 5.32 Å². The summed E-state index contributed by atoms with van der Waals surface area (Å²) in [6.07, 6.45) is 1.75. The normalized spacial score (nSPS) is 12.3. The van der Waals surface area contributed by atoms with Crippen LogP contribution < -0.4 is 5.32 Å². The van der Waals surface area contributed by atoms with Crippen molar-refractivity contribution in [2.45, 2.75) is 13.0 Å². The quantitative estimate of drug-likeness (QED) is 0.679. The number of rotatable bonds is 3. The Balaban J connectivity index is 1.92. The SMILES string of the molecule is CC(Nc1ccc(Cl)nc1)c1cccc2ccccc12. The molecule has 1 atom stereocenters. The van der Waals surface area contributed by atoms with Crippen LogP contribution in [-0.4, -0.2) is 4.98 Å². The van der Waals surface area contributed by atoms with Crippen molar-refractivity contribution >= 4 is 28.1 Å². The van der Waals surface area contributed by atoms with E-state index in [2.05, 4.69) is 59.7 Å². The van der Waals surface area contributed by atoms with Crippen LogP contribution in [0.1, 0.15) is 18.5 Å². The Kier molecular flexibility index (Phi) is 3.57. The highest BCUT2D eigenvalue weighted by molar-refractivity contribution is 6.29. The first-order chi connectivity index (χ1) is 9.74. The molecule has 2 nitrogen and oxygen atoms in total. The first-order valence-electron chi connectivity index (χ1n) is 6.60. The second-order valence-corrected chi connectivity index (χ2v) is 5.19. The summed E-state index contributed by atoms with van der Waals surface area (Å²) in [5.41, 5.74) is 2.24. The number of anilines is 1. The van der Waals surface area contributed by atoms with Gasteiger partial charge in [-0.3, -0.25) is 0 Å². The number of nitrogens with zero attached hydrogens (tertiary/aromatic N) is 1. The number of fused-ring (bicyclic) bond motifs is 1. The first-order valence-corrected chi connectivity index (χ1v) is 6.97. The minimum absolute atomic E-state index is 0.198. The number of hydrogen-bond donors (Lipinski definition) is 1. The molecule has 3 aromatic rings. The van der Waals surface area contributed by atoms with Crippen LogP contribution >= 0.6 is 11.6 Å². The molecule has 0 bridgehead atoms. The average Bonchev–Trinajstić information content (AvgIpc) is 2.49. The van der Waals surface area contributed by atoms with Gasteiger partial charge in [-0.05, 0) is 35.4 Å². The second-order valence-electron chi connectivity index (χ2n) is 4.80. The summed E-state index contributed by atoms with van der Waals surface area (Å²) in [6, 6.07) is 18.7. The van der Waals surface area contributed by atoms with Crippen LogP contribution in [0.25, 0.3) is 10.8 Å². The van der Waals surface area contributed by atoms with Gasteiger partial charge in [-0.25, -0.2) is 4.98 Å². The Morgan fingerprint density at radius 3 is 2.60 bits per heavy atom. The van der Waals surface area contributed by atoms with Gasteiger partial charge in [0, 0.05) is 6.04 Å². The highest BCUT2D eigenvalue weighted by Gasteiger charge is 2.09. The number of nitrogens with one attached hydrogen (secondary N) is 1. The third-order valence-corrected chi connectivity index (χ3v) is 3.62. The largest absolute Gasteiger partial charge is 0.377 e. The van der Waals surface area contributed by atoms with Crippen LogP contribution in [-0.2, 0) is 0 Å². The average molecular weight is 283 g/mol. The van der Waals surface area contributed by atoms with Crippen molar-refractivity contribution < 1.29 is 0 Å². The molecule has 2 aromatic carbocycles. The van der Waals surface area contributed by atoms with Crippen molar-refractivity contribution in [3.63, 3.8) is 0 Å². The van der Waals surface area contributed by atoms with Crippen molar-refractivity contribution in [1.82, 2.24) is 4.98 Å². The maximum absolute atomic E-state index is 5.80. The van der Waals surface area contributed by atoms with Gasteiger partial charge in [-0.15, -0.1) is 0 Å². The third-order valence-electron chi connectivity index (χ3n) is 3.40. The van der Waals surface area contributed by atoms with E-state index in [9.17, 15) is 0 Å². The molecular weight excluding hydrogens is 268 g/mol. The molecular formula is C17H15ClN2. The molecule has 0 saturated heterocycles. The maximum atomic E-state index is 5.80. The maximum Gasteiger partial charge on any atom is 0.129 e. The van der Waals surface area contributed by atoms with E-state index in [1.54, 1.807) is 12.3 Å². The highest BCUT2D eigenvalue weighted by atomic mass is 35.5. The van der Waals surface area contributed by atoms with Crippen LogP contribution in [0.5, 0.6) is 0 Å². The molecule has 3 rings (SSSR count). The van der Waals surface area contributed by atoms with E-state index < -0.39 is 0 Å². The molecule has 0 spiro atoms. The highest BCUT2D eigenvalue weighted by Crippen LogP contribution is 2.26. The molecule has 0 radical (unpaired) electrons. The summed E-state index contributed by atoms with van der Waals surface area (Å²) in [7, 11) is 0. The Morgan fingerprint density at radius 2 is 1.80 bits per heavy atom. The topological polar surface area (TPSA) is 24.9 Å². The predicted molar refractivity (Wildman–Crippen MR) is 85.2 cm³/mol. The molecule has 1 heterocycles. The molecule has 0 fully saturated rings. The zero-order valence-electron chi connectivity index (χ0n) is 11.2. The molecule has 0 aliphatic carbocycles. The summed E-state index contributed by atoms with van der Waals surface area (Å²) in [4.78, 5) is 4.09. The van der Waals surface area contributed by atoms with Crippen molar-refractivity contribution in [1.29, 1.82) is 0 Å². The monoisotopic (exact) mass is 282 g/mol. The lowest BCUT2D eigenvalue weighted by molar-refractivity contribution is 0.892. The molecule has 0 aliphatic heterocycles. The Morgan fingerprint density at radius 1 is 1.00 bits per heavy atom. The standard InChI is InChI=1S/C17H15ClN2/c1-12(20-14-9-10-17(18)19-11-14)15-8-4-6-13-5-2-3-7-16(13)15/h2-12,20H,1H3. The van der Waals surface area contributed by atoms with Gasteiger partial charge >= 0.3 is 0 Å². The van der Waals surface area contributed by atoms with Crippen molar-refractivity contribution in [2.24, 2.45) is 0 Å². The number of benzene rings is 2. The van der Waals surface area contributed by atoms with Gasteiger partial charge in [0.2, 0.25) is 0 Å². The third kappa shape index (κ3) is 2.61. The predicted octanol–water partition coefficient (Wildman–Crippen LogP) is 5.06. The Hall–Kier alpha value is -2.06. The summed E-state index contributed by atoms with van der Waals surface area (Å²) in [5, 5.41) is 6.50. The van der Waals surface area contributed by atoms with Gasteiger partial charge in [0.05, 0.1) is 11.9 Å². The molecule has 3 heteroatoms. The van der Waals surface area contributed by atoms with Gasteiger partial charge in [-0.2, -0.15) is 0 Å². The lowest BCUT2D eigenvalue weighted by atomic mass is 9.99. The van der Waals surface area contributed by atoms with Crippen LogP contribution in [0.4, 0.5) is 5.69 Å². The van der Waals surface area contributed by atoms with Crippen molar-refractivity contribution in [2.75, 3.05) is 5.32 Å². The van der Waals surface area contributed by atoms with E-state index >= 15 is 0 Å². The number of pyridine rings is 1. The molecule has 1 N–H and O–H groups in total. The van der Waals surface area contributed by atoms with Crippen LogP contribution in [0.2, 0.25) is 5.15 Å². The van der Waals surface area contributed by atoms with Gasteiger partial charge in [0.1, 0.15) is 5.15 Å². The zero-order chi connectivity index (χ0) is 13.9. The number of halogens is 1. The molecule has 0 saturated carbocycles.